The molecule has 0 fully saturated rings. The Bertz CT molecular complexity index is 710. The predicted octanol–water partition coefficient (Wildman–Crippen LogP) is 4.92. The van der Waals surface area contributed by atoms with E-state index in [0.29, 0.717) is 5.95 Å². The second-order valence-corrected chi connectivity index (χ2v) is 6.76. The maximum absolute atomic E-state index is 4.71. The zero-order chi connectivity index (χ0) is 19.1. The van der Waals surface area contributed by atoms with Crippen molar-refractivity contribution in [2.24, 2.45) is 0 Å². The van der Waals surface area contributed by atoms with Crippen LogP contribution in [0, 0.1) is 13.8 Å². The van der Waals surface area contributed by atoms with Crippen LogP contribution in [-0.2, 0) is 0 Å². The molecule has 1 N–H and O–H groups in total. The maximum atomic E-state index is 4.71. The number of nitrogens with one attached hydrogen (secondary N) is 1. The molecule has 2 aromatic rings. The fourth-order valence-electron chi connectivity index (χ4n) is 3.01. The van der Waals surface area contributed by atoms with Gasteiger partial charge in [0.1, 0.15) is 5.82 Å². The molecule has 142 valence electrons. The first kappa shape index (κ1) is 20.0. The summed E-state index contributed by atoms with van der Waals surface area (Å²) in [7, 11) is 2.09. The maximum Gasteiger partial charge on any atom is 0.229 e. The van der Waals surface area contributed by atoms with Crippen LogP contribution in [0.2, 0.25) is 0 Å². The van der Waals surface area contributed by atoms with E-state index in [2.05, 4.69) is 73.0 Å². The molecule has 1 aromatic carbocycles. The molecular formula is C21H33N5. The van der Waals surface area contributed by atoms with Crippen LogP contribution in [0.3, 0.4) is 0 Å². The number of nitrogens with zero attached hydrogens (tertiary/aromatic N) is 4. The SMILES string of the molecule is CCCCN(C)c1cc(C)nc(Nc2ccc(N(CC)CC)cc2C)n1. The highest BCUT2D eigenvalue weighted by Crippen LogP contribution is 2.25. The molecular weight excluding hydrogens is 322 g/mol. The molecule has 0 saturated heterocycles. The van der Waals surface area contributed by atoms with Crippen LogP contribution in [0.1, 0.15) is 44.9 Å². The molecule has 26 heavy (non-hydrogen) atoms. The number of anilines is 4. The van der Waals surface area contributed by atoms with E-state index in [1.807, 2.05) is 13.0 Å². The summed E-state index contributed by atoms with van der Waals surface area (Å²) in [4.78, 5) is 13.8. The topological polar surface area (TPSA) is 44.3 Å². The second kappa shape index (κ2) is 9.41. The third kappa shape index (κ3) is 5.10. The second-order valence-electron chi connectivity index (χ2n) is 6.76. The summed E-state index contributed by atoms with van der Waals surface area (Å²) >= 11 is 0. The number of aromatic nitrogens is 2. The first-order chi connectivity index (χ1) is 12.5. The summed E-state index contributed by atoms with van der Waals surface area (Å²) in [6.45, 7) is 13.7. The fraction of sp³-hybridized carbons (Fsp3) is 0.524. The molecule has 5 heteroatoms. The number of benzene rings is 1. The minimum absolute atomic E-state index is 0.655. The van der Waals surface area contributed by atoms with Crippen LogP contribution in [0.5, 0.6) is 0 Å². The average Bonchev–Trinajstić information content (AvgIpc) is 2.62. The minimum atomic E-state index is 0.655. The van der Waals surface area contributed by atoms with Gasteiger partial charge in [0.2, 0.25) is 5.95 Å². The molecule has 0 aliphatic heterocycles. The summed E-state index contributed by atoms with van der Waals surface area (Å²) in [5, 5.41) is 3.40. The molecule has 1 aromatic heterocycles. The normalized spacial score (nSPS) is 10.7. The number of unbranched alkanes of at least 4 members (excludes halogenated alkanes) is 1. The first-order valence-corrected chi connectivity index (χ1v) is 9.67. The summed E-state index contributed by atoms with van der Waals surface area (Å²) in [6, 6.07) is 8.54. The Hall–Kier alpha value is -2.30. The standard InChI is InChI=1S/C21H33N5/c1-7-10-13-25(6)20-15-17(5)22-21(24-20)23-19-12-11-18(14-16(19)4)26(8-2)9-3/h11-12,14-15H,7-10,13H2,1-6H3,(H,22,23,24). The largest absolute Gasteiger partial charge is 0.372 e. The lowest BCUT2D eigenvalue weighted by Crippen LogP contribution is -2.21. The van der Waals surface area contributed by atoms with Crippen molar-refractivity contribution in [3.63, 3.8) is 0 Å². The van der Waals surface area contributed by atoms with Gasteiger partial charge in [-0.2, -0.15) is 4.98 Å². The van der Waals surface area contributed by atoms with Gasteiger partial charge in [0.25, 0.3) is 0 Å². The van der Waals surface area contributed by atoms with E-state index in [9.17, 15) is 0 Å². The van der Waals surface area contributed by atoms with Gasteiger partial charge in [0.05, 0.1) is 0 Å². The van der Waals surface area contributed by atoms with Crippen molar-refractivity contribution in [1.82, 2.24) is 9.97 Å². The van der Waals surface area contributed by atoms with Crippen molar-refractivity contribution in [3.05, 3.63) is 35.5 Å². The Morgan fingerprint density at radius 2 is 1.73 bits per heavy atom. The summed E-state index contributed by atoms with van der Waals surface area (Å²) in [5.74, 6) is 1.62. The Kier molecular flexibility index (Phi) is 7.25. The van der Waals surface area contributed by atoms with Crippen LogP contribution in [-0.4, -0.2) is 36.6 Å². The summed E-state index contributed by atoms with van der Waals surface area (Å²) in [6.07, 6.45) is 2.34. The van der Waals surface area contributed by atoms with E-state index in [4.69, 9.17) is 4.98 Å². The van der Waals surface area contributed by atoms with Crippen molar-refractivity contribution in [3.8, 4) is 0 Å². The van der Waals surface area contributed by atoms with Gasteiger partial charge in [-0.1, -0.05) is 13.3 Å². The van der Waals surface area contributed by atoms with Crippen molar-refractivity contribution in [2.75, 3.05) is 41.8 Å². The van der Waals surface area contributed by atoms with Crippen LogP contribution >= 0.6 is 0 Å². The number of aryl methyl sites for hydroxylation is 2. The third-order valence-electron chi connectivity index (χ3n) is 4.66. The van der Waals surface area contributed by atoms with E-state index >= 15 is 0 Å². The predicted molar refractivity (Wildman–Crippen MR) is 113 cm³/mol. The molecule has 5 nitrogen and oxygen atoms in total. The van der Waals surface area contributed by atoms with Gasteiger partial charge in [-0.3, -0.25) is 0 Å². The van der Waals surface area contributed by atoms with E-state index in [1.54, 1.807) is 0 Å². The van der Waals surface area contributed by atoms with Crippen molar-refractivity contribution in [1.29, 1.82) is 0 Å². The Morgan fingerprint density at radius 3 is 2.35 bits per heavy atom. The van der Waals surface area contributed by atoms with Gasteiger partial charge in [0.15, 0.2) is 0 Å². The van der Waals surface area contributed by atoms with Crippen molar-refractivity contribution >= 4 is 23.1 Å². The Morgan fingerprint density at radius 1 is 1.00 bits per heavy atom. The molecule has 0 unspecified atom stereocenters. The fourth-order valence-corrected chi connectivity index (χ4v) is 3.01. The van der Waals surface area contributed by atoms with Crippen LogP contribution in [0.4, 0.5) is 23.1 Å². The molecule has 0 radical (unpaired) electrons. The van der Waals surface area contributed by atoms with E-state index in [-0.39, 0.29) is 0 Å². The Labute approximate surface area is 158 Å². The lowest BCUT2D eigenvalue weighted by Gasteiger charge is -2.22. The molecule has 0 bridgehead atoms. The monoisotopic (exact) mass is 355 g/mol. The highest BCUT2D eigenvalue weighted by molar-refractivity contribution is 5.64. The lowest BCUT2D eigenvalue weighted by molar-refractivity contribution is 0.758. The molecule has 1 heterocycles. The van der Waals surface area contributed by atoms with Gasteiger partial charge >= 0.3 is 0 Å². The lowest BCUT2D eigenvalue weighted by atomic mass is 10.1. The molecule has 2 rings (SSSR count). The van der Waals surface area contributed by atoms with Gasteiger partial charge in [0, 0.05) is 49.8 Å². The summed E-state index contributed by atoms with van der Waals surface area (Å²) in [5.41, 5.74) is 4.47. The van der Waals surface area contributed by atoms with Gasteiger partial charge in [-0.15, -0.1) is 0 Å². The average molecular weight is 356 g/mol. The van der Waals surface area contributed by atoms with Crippen molar-refractivity contribution < 1.29 is 0 Å². The van der Waals surface area contributed by atoms with Crippen LogP contribution in [0.25, 0.3) is 0 Å². The summed E-state index contributed by atoms with van der Waals surface area (Å²) < 4.78 is 0. The highest BCUT2D eigenvalue weighted by atomic mass is 15.2. The van der Waals surface area contributed by atoms with E-state index in [1.165, 1.54) is 17.7 Å². The number of rotatable bonds is 9. The number of hydrogen-bond donors (Lipinski definition) is 1. The third-order valence-corrected chi connectivity index (χ3v) is 4.66. The van der Waals surface area contributed by atoms with E-state index < -0.39 is 0 Å². The molecule has 0 amide bonds. The van der Waals surface area contributed by atoms with E-state index in [0.717, 1.165) is 43.3 Å². The molecule has 0 spiro atoms. The quantitative estimate of drug-likeness (QED) is 0.692. The van der Waals surface area contributed by atoms with Crippen molar-refractivity contribution in [2.45, 2.75) is 47.5 Å². The highest BCUT2D eigenvalue weighted by Gasteiger charge is 2.09. The zero-order valence-electron chi connectivity index (χ0n) is 17.1. The Balaban J connectivity index is 2.21. The minimum Gasteiger partial charge on any atom is -0.372 e. The smallest absolute Gasteiger partial charge is 0.229 e. The molecule has 0 aliphatic carbocycles. The first-order valence-electron chi connectivity index (χ1n) is 9.67. The van der Waals surface area contributed by atoms with Gasteiger partial charge < -0.3 is 15.1 Å². The van der Waals surface area contributed by atoms with Gasteiger partial charge in [-0.05, 0) is 57.9 Å². The molecule has 0 aliphatic rings. The van der Waals surface area contributed by atoms with Crippen LogP contribution < -0.4 is 15.1 Å². The molecule has 0 saturated carbocycles. The van der Waals surface area contributed by atoms with Crippen LogP contribution in [0.15, 0.2) is 24.3 Å². The zero-order valence-corrected chi connectivity index (χ0v) is 17.1. The molecule has 0 atom stereocenters. The van der Waals surface area contributed by atoms with Gasteiger partial charge in [-0.25, -0.2) is 4.98 Å². The number of hydrogen-bond acceptors (Lipinski definition) is 5.